The summed E-state index contributed by atoms with van der Waals surface area (Å²) in [7, 11) is 1.61. The molecular formula is C16H16N4O4S. The maximum atomic E-state index is 11.9. The van der Waals surface area contributed by atoms with Gasteiger partial charge in [-0.05, 0) is 12.1 Å². The fourth-order valence-corrected chi connectivity index (χ4v) is 3.17. The van der Waals surface area contributed by atoms with Crippen molar-refractivity contribution in [1.82, 2.24) is 20.9 Å². The van der Waals surface area contributed by atoms with Gasteiger partial charge in [0, 0.05) is 16.6 Å². The van der Waals surface area contributed by atoms with E-state index in [2.05, 4.69) is 20.9 Å². The standard InChI is InChI=1S/C16H16N4O4S/c1-24-10-4-2-3-9(5-10)15-18-8-11(25-15)7-17-13(21)6-12-14(22)20-16(23)19-12/h2-5,8,12H,6-7H2,1H3,(H,17,21)(H2,19,20,22,23). The van der Waals surface area contributed by atoms with Gasteiger partial charge in [0.05, 0.1) is 20.1 Å². The summed E-state index contributed by atoms with van der Waals surface area (Å²) in [6, 6.07) is 6.18. The van der Waals surface area contributed by atoms with Crippen molar-refractivity contribution in [3.8, 4) is 16.3 Å². The molecular weight excluding hydrogens is 344 g/mol. The third-order valence-corrected chi connectivity index (χ3v) is 4.62. The van der Waals surface area contributed by atoms with Gasteiger partial charge in [0.2, 0.25) is 5.91 Å². The first-order chi connectivity index (χ1) is 12.0. The zero-order chi connectivity index (χ0) is 17.8. The van der Waals surface area contributed by atoms with E-state index < -0.39 is 18.0 Å². The van der Waals surface area contributed by atoms with Crippen molar-refractivity contribution in [2.24, 2.45) is 0 Å². The minimum absolute atomic E-state index is 0.0981. The number of amides is 4. The number of nitrogens with zero attached hydrogens (tertiary/aromatic N) is 1. The molecule has 1 aromatic carbocycles. The smallest absolute Gasteiger partial charge is 0.322 e. The van der Waals surface area contributed by atoms with E-state index in [-0.39, 0.29) is 12.3 Å². The molecule has 1 saturated heterocycles. The van der Waals surface area contributed by atoms with E-state index in [0.717, 1.165) is 21.2 Å². The van der Waals surface area contributed by atoms with Crippen LogP contribution in [0.5, 0.6) is 5.75 Å². The van der Waals surface area contributed by atoms with Gasteiger partial charge in [-0.25, -0.2) is 9.78 Å². The van der Waals surface area contributed by atoms with Crippen molar-refractivity contribution in [2.75, 3.05) is 7.11 Å². The Morgan fingerprint density at radius 1 is 1.40 bits per heavy atom. The van der Waals surface area contributed by atoms with Gasteiger partial charge in [-0.3, -0.25) is 14.9 Å². The SMILES string of the molecule is COc1cccc(-c2ncc(CNC(=O)CC3NC(=O)NC3=O)s2)c1. The van der Waals surface area contributed by atoms with Crippen molar-refractivity contribution in [2.45, 2.75) is 19.0 Å². The second kappa shape index (κ2) is 7.31. The summed E-state index contributed by atoms with van der Waals surface area (Å²) in [5, 5.41) is 8.03. The Kier molecular flexibility index (Phi) is 4.94. The Labute approximate surface area is 147 Å². The van der Waals surface area contributed by atoms with Gasteiger partial charge >= 0.3 is 6.03 Å². The summed E-state index contributed by atoms with van der Waals surface area (Å²) in [6.45, 7) is 0.308. The van der Waals surface area contributed by atoms with Crippen LogP contribution >= 0.6 is 11.3 Å². The maximum Gasteiger partial charge on any atom is 0.322 e. The molecule has 1 fully saturated rings. The van der Waals surface area contributed by atoms with Crippen LogP contribution in [0.2, 0.25) is 0 Å². The number of rotatable bonds is 6. The molecule has 0 saturated carbocycles. The fraction of sp³-hybridized carbons (Fsp3) is 0.250. The number of urea groups is 1. The largest absolute Gasteiger partial charge is 0.497 e. The average Bonchev–Trinajstić information content (AvgIpc) is 3.20. The molecule has 1 atom stereocenters. The minimum atomic E-state index is -0.818. The maximum absolute atomic E-state index is 11.9. The van der Waals surface area contributed by atoms with Gasteiger partial charge in [0.15, 0.2) is 0 Å². The molecule has 1 aromatic heterocycles. The topological polar surface area (TPSA) is 109 Å². The van der Waals surface area contributed by atoms with Crippen LogP contribution < -0.4 is 20.7 Å². The number of carbonyl (C=O) groups is 3. The number of carbonyl (C=O) groups excluding carboxylic acids is 3. The van der Waals surface area contributed by atoms with E-state index in [9.17, 15) is 14.4 Å². The first-order valence-electron chi connectivity index (χ1n) is 7.52. The molecule has 9 heteroatoms. The molecule has 4 amide bonds. The lowest BCUT2D eigenvalue weighted by atomic mass is 10.2. The highest BCUT2D eigenvalue weighted by molar-refractivity contribution is 7.15. The zero-order valence-electron chi connectivity index (χ0n) is 13.4. The van der Waals surface area contributed by atoms with E-state index in [1.807, 2.05) is 24.3 Å². The van der Waals surface area contributed by atoms with Crippen molar-refractivity contribution in [3.05, 3.63) is 35.3 Å². The molecule has 0 spiro atoms. The number of hydrogen-bond acceptors (Lipinski definition) is 6. The molecule has 0 bridgehead atoms. The first kappa shape index (κ1) is 16.9. The molecule has 1 aliphatic rings. The van der Waals surface area contributed by atoms with Crippen LogP contribution in [0.4, 0.5) is 4.79 Å². The van der Waals surface area contributed by atoms with E-state index in [4.69, 9.17) is 4.74 Å². The van der Waals surface area contributed by atoms with Gasteiger partial charge in [-0.15, -0.1) is 11.3 Å². The number of aromatic nitrogens is 1. The number of benzene rings is 1. The lowest BCUT2D eigenvalue weighted by molar-refractivity contribution is -0.126. The lowest BCUT2D eigenvalue weighted by Gasteiger charge is -2.07. The number of thiazole rings is 1. The highest BCUT2D eigenvalue weighted by Gasteiger charge is 2.31. The second-order valence-corrected chi connectivity index (χ2v) is 6.48. The van der Waals surface area contributed by atoms with Crippen LogP contribution in [-0.2, 0) is 16.1 Å². The average molecular weight is 360 g/mol. The minimum Gasteiger partial charge on any atom is -0.497 e. The molecule has 130 valence electrons. The molecule has 25 heavy (non-hydrogen) atoms. The Morgan fingerprint density at radius 3 is 2.96 bits per heavy atom. The summed E-state index contributed by atoms with van der Waals surface area (Å²) in [4.78, 5) is 39.6. The zero-order valence-corrected chi connectivity index (χ0v) is 14.2. The van der Waals surface area contributed by atoms with Gasteiger partial charge in [-0.1, -0.05) is 12.1 Å². The van der Waals surface area contributed by atoms with Crippen molar-refractivity contribution in [1.29, 1.82) is 0 Å². The van der Waals surface area contributed by atoms with Crippen LogP contribution in [-0.4, -0.2) is 36.0 Å². The number of ether oxygens (including phenoxy) is 1. The van der Waals surface area contributed by atoms with E-state index in [0.29, 0.717) is 6.54 Å². The Hall–Kier alpha value is -2.94. The highest BCUT2D eigenvalue weighted by Crippen LogP contribution is 2.27. The second-order valence-electron chi connectivity index (χ2n) is 5.36. The number of imide groups is 1. The van der Waals surface area contributed by atoms with Gasteiger partial charge in [-0.2, -0.15) is 0 Å². The predicted molar refractivity (Wildman–Crippen MR) is 91.0 cm³/mol. The summed E-state index contributed by atoms with van der Waals surface area (Å²) in [6.07, 6.45) is 1.60. The van der Waals surface area contributed by atoms with Gasteiger partial charge in [0.1, 0.15) is 16.8 Å². The third kappa shape index (κ3) is 4.13. The van der Waals surface area contributed by atoms with Gasteiger partial charge < -0.3 is 15.4 Å². The normalized spacial score (nSPS) is 16.3. The lowest BCUT2D eigenvalue weighted by Crippen LogP contribution is -2.35. The summed E-state index contributed by atoms with van der Waals surface area (Å²) >= 11 is 1.46. The summed E-state index contributed by atoms with van der Waals surface area (Å²) < 4.78 is 5.20. The van der Waals surface area contributed by atoms with Gasteiger partial charge in [0.25, 0.3) is 5.91 Å². The van der Waals surface area contributed by atoms with Crippen LogP contribution in [0.1, 0.15) is 11.3 Å². The molecule has 0 radical (unpaired) electrons. The Bertz CT molecular complexity index is 820. The van der Waals surface area contributed by atoms with Crippen LogP contribution in [0.3, 0.4) is 0 Å². The van der Waals surface area contributed by atoms with Crippen LogP contribution in [0, 0.1) is 0 Å². The molecule has 2 aromatic rings. The van der Waals surface area contributed by atoms with Crippen molar-refractivity contribution in [3.63, 3.8) is 0 Å². The first-order valence-corrected chi connectivity index (χ1v) is 8.34. The van der Waals surface area contributed by atoms with Crippen molar-refractivity contribution < 1.29 is 19.1 Å². The molecule has 1 unspecified atom stereocenters. The van der Waals surface area contributed by atoms with E-state index >= 15 is 0 Å². The van der Waals surface area contributed by atoms with Crippen molar-refractivity contribution >= 4 is 29.2 Å². The van der Waals surface area contributed by atoms with E-state index in [1.54, 1.807) is 13.3 Å². The molecule has 3 rings (SSSR count). The fourth-order valence-electron chi connectivity index (χ4n) is 2.32. The van der Waals surface area contributed by atoms with E-state index in [1.165, 1.54) is 11.3 Å². The molecule has 0 aliphatic carbocycles. The number of hydrogen-bond donors (Lipinski definition) is 3. The third-order valence-electron chi connectivity index (χ3n) is 3.58. The Balaban J connectivity index is 1.55. The Morgan fingerprint density at radius 2 is 2.24 bits per heavy atom. The van der Waals surface area contributed by atoms with Crippen LogP contribution in [0.15, 0.2) is 30.5 Å². The number of methoxy groups -OCH3 is 1. The quantitative estimate of drug-likeness (QED) is 0.667. The summed E-state index contributed by atoms with van der Waals surface area (Å²) in [5.41, 5.74) is 0.937. The molecule has 2 heterocycles. The monoisotopic (exact) mass is 360 g/mol. The predicted octanol–water partition coefficient (Wildman–Crippen LogP) is 1.03. The summed E-state index contributed by atoms with van der Waals surface area (Å²) in [5.74, 6) is -0.0589. The van der Waals surface area contributed by atoms with Crippen LogP contribution in [0.25, 0.3) is 10.6 Å². The molecule has 8 nitrogen and oxygen atoms in total. The highest BCUT2D eigenvalue weighted by atomic mass is 32.1. The number of nitrogens with one attached hydrogen (secondary N) is 3. The molecule has 1 aliphatic heterocycles. The molecule has 3 N–H and O–H groups in total.